The first-order chi connectivity index (χ1) is 7.31. The summed E-state index contributed by atoms with van der Waals surface area (Å²) < 4.78 is 0. The molecule has 2 fully saturated rings. The maximum absolute atomic E-state index is 3.81. The number of fused-ring (bicyclic) bond motifs is 1. The lowest BCUT2D eigenvalue weighted by molar-refractivity contribution is 0.0163. The molecule has 0 aromatic rings. The van der Waals surface area contributed by atoms with Gasteiger partial charge >= 0.3 is 0 Å². The standard InChI is InChI=1S/C13H24N2/c1-3-4-8-14-11-13-7-5-6-9-15(13)10-12(14)2/h3,12-13H,1,4-11H2,2H3. The third kappa shape index (κ3) is 2.61. The Hall–Kier alpha value is -0.340. The normalized spacial score (nSPS) is 33.7. The van der Waals surface area contributed by atoms with Crippen molar-refractivity contribution < 1.29 is 0 Å². The van der Waals surface area contributed by atoms with E-state index < -0.39 is 0 Å². The molecule has 2 heterocycles. The van der Waals surface area contributed by atoms with Crippen LogP contribution in [-0.2, 0) is 0 Å². The van der Waals surface area contributed by atoms with Crippen LogP contribution in [0.2, 0.25) is 0 Å². The van der Waals surface area contributed by atoms with Crippen molar-refractivity contribution in [2.75, 3.05) is 26.2 Å². The number of hydrogen-bond donors (Lipinski definition) is 0. The first-order valence-corrected chi connectivity index (χ1v) is 6.40. The lowest BCUT2D eigenvalue weighted by Crippen LogP contribution is -2.58. The average molecular weight is 208 g/mol. The summed E-state index contributed by atoms with van der Waals surface area (Å²) in [5.41, 5.74) is 0. The molecule has 2 nitrogen and oxygen atoms in total. The third-order valence-corrected chi connectivity index (χ3v) is 3.94. The fourth-order valence-corrected chi connectivity index (χ4v) is 2.98. The van der Waals surface area contributed by atoms with Crippen LogP contribution in [0.15, 0.2) is 12.7 Å². The van der Waals surface area contributed by atoms with E-state index >= 15 is 0 Å². The Balaban J connectivity index is 1.89. The smallest absolute Gasteiger partial charge is 0.0223 e. The fourth-order valence-electron chi connectivity index (χ4n) is 2.98. The number of piperazine rings is 1. The van der Waals surface area contributed by atoms with Gasteiger partial charge in [-0.1, -0.05) is 12.5 Å². The van der Waals surface area contributed by atoms with E-state index in [1.165, 1.54) is 45.4 Å². The summed E-state index contributed by atoms with van der Waals surface area (Å²) in [7, 11) is 0. The summed E-state index contributed by atoms with van der Waals surface area (Å²) in [5.74, 6) is 0. The first-order valence-electron chi connectivity index (χ1n) is 6.40. The van der Waals surface area contributed by atoms with Crippen molar-refractivity contribution in [3.63, 3.8) is 0 Å². The second-order valence-corrected chi connectivity index (χ2v) is 5.07. The van der Waals surface area contributed by atoms with E-state index in [2.05, 4.69) is 23.3 Å². The zero-order chi connectivity index (χ0) is 10.7. The second kappa shape index (κ2) is 5.13. The minimum atomic E-state index is 0.735. The second-order valence-electron chi connectivity index (χ2n) is 5.07. The van der Waals surface area contributed by atoms with Crippen molar-refractivity contribution in [2.24, 2.45) is 0 Å². The minimum absolute atomic E-state index is 0.735. The molecule has 2 rings (SSSR count). The molecule has 2 saturated heterocycles. The number of hydrogen-bond acceptors (Lipinski definition) is 2. The largest absolute Gasteiger partial charge is 0.298 e. The van der Waals surface area contributed by atoms with Gasteiger partial charge < -0.3 is 0 Å². The number of piperidine rings is 1. The van der Waals surface area contributed by atoms with Crippen LogP contribution in [0.4, 0.5) is 0 Å². The van der Waals surface area contributed by atoms with Gasteiger partial charge in [-0.25, -0.2) is 0 Å². The van der Waals surface area contributed by atoms with Crippen molar-refractivity contribution >= 4 is 0 Å². The van der Waals surface area contributed by atoms with Crippen LogP contribution >= 0.6 is 0 Å². The van der Waals surface area contributed by atoms with Crippen LogP contribution in [0.1, 0.15) is 32.6 Å². The molecule has 86 valence electrons. The molecule has 0 radical (unpaired) electrons. The summed E-state index contributed by atoms with van der Waals surface area (Å²) in [5, 5.41) is 0. The van der Waals surface area contributed by atoms with E-state index in [1.54, 1.807) is 0 Å². The number of rotatable bonds is 3. The van der Waals surface area contributed by atoms with Gasteiger partial charge in [0.25, 0.3) is 0 Å². The SMILES string of the molecule is C=CCCN1CC2CCCCN2CC1C. The van der Waals surface area contributed by atoms with Crippen LogP contribution in [0.3, 0.4) is 0 Å². The molecule has 0 aromatic heterocycles. The molecule has 0 aliphatic carbocycles. The highest BCUT2D eigenvalue weighted by atomic mass is 15.3. The van der Waals surface area contributed by atoms with Crippen molar-refractivity contribution in [1.82, 2.24) is 9.80 Å². The van der Waals surface area contributed by atoms with Crippen molar-refractivity contribution in [1.29, 1.82) is 0 Å². The summed E-state index contributed by atoms with van der Waals surface area (Å²) in [4.78, 5) is 5.35. The Kier molecular flexibility index (Phi) is 3.81. The third-order valence-electron chi connectivity index (χ3n) is 3.94. The molecule has 0 bridgehead atoms. The predicted octanol–water partition coefficient (Wildman–Crippen LogP) is 2.12. The highest BCUT2D eigenvalue weighted by Gasteiger charge is 2.32. The maximum atomic E-state index is 3.81. The topological polar surface area (TPSA) is 6.48 Å². The zero-order valence-electron chi connectivity index (χ0n) is 9.99. The first kappa shape index (κ1) is 11.2. The summed E-state index contributed by atoms with van der Waals surface area (Å²) >= 11 is 0. The van der Waals surface area contributed by atoms with E-state index in [4.69, 9.17) is 0 Å². The highest BCUT2D eigenvalue weighted by molar-refractivity contribution is 4.89. The molecule has 2 heteroatoms. The van der Waals surface area contributed by atoms with Crippen molar-refractivity contribution in [2.45, 2.75) is 44.7 Å². The van der Waals surface area contributed by atoms with Crippen molar-refractivity contribution in [3.8, 4) is 0 Å². The molecule has 0 aromatic carbocycles. The Morgan fingerprint density at radius 3 is 3.00 bits per heavy atom. The molecule has 0 saturated carbocycles. The van der Waals surface area contributed by atoms with Crippen molar-refractivity contribution in [3.05, 3.63) is 12.7 Å². The van der Waals surface area contributed by atoms with E-state index in [0.29, 0.717) is 0 Å². The molecular formula is C13H24N2. The Labute approximate surface area is 93.9 Å². The van der Waals surface area contributed by atoms with E-state index in [-0.39, 0.29) is 0 Å². The molecule has 0 N–H and O–H groups in total. The molecule has 2 unspecified atom stereocenters. The summed E-state index contributed by atoms with van der Waals surface area (Å²) in [6, 6.07) is 1.58. The van der Waals surface area contributed by atoms with Gasteiger partial charge in [0, 0.05) is 31.7 Å². The van der Waals surface area contributed by atoms with Crippen LogP contribution in [-0.4, -0.2) is 48.1 Å². The van der Waals surface area contributed by atoms with Gasteiger partial charge in [-0.3, -0.25) is 9.80 Å². The lowest BCUT2D eigenvalue weighted by Gasteiger charge is -2.47. The van der Waals surface area contributed by atoms with Gasteiger partial charge in [-0.2, -0.15) is 0 Å². The molecule has 2 atom stereocenters. The van der Waals surface area contributed by atoms with E-state index in [9.17, 15) is 0 Å². The number of nitrogens with zero attached hydrogens (tertiary/aromatic N) is 2. The lowest BCUT2D eigenvalue weighted by atomic mass is 9.97. The Morgan fingerprint density at radius 1 is 1.33 bits per heavy atom. The van der Waals surface area contributed by atoms with Crippen LogP contribution in [0, 0.1) is 0 Å². The predicted molar refractivity (Wildman–Crippen MR) is 65.1 cm³/mol. The van der Waals surface area contributed by atoms with Gasteiger partial charge in [-0.05, 0) is 32.7 Å². The maximum Gasteiger partial charge on any atom is 0.0223 e. The summed E-state index contributed by atoms with van der Waals surface area (Å²) in [6.07, 6.45) is 7.44. The van der Waals surface area contributed by atoms with Crippen LogP contribution in [0.25, 0.3) is 0 Å². The molecule has 0 amide bonds. The monoisotopic (exact) mass is 208 g/mol. The quantitative estimate of drug-likeness (QED) is 0.656. The van der Waals surface area contributed by atoms with Gasteiger partial charge in [0.15, 0.2) is 0 Å². The molecule has 15 heavy (non-hydrogen) atoms. The van der Waals surface area contributed by atoms with Gasteiger partial charge in [0.1, 0.15) is 0 Å². The van der Waals surface area contributed by atoms with E-state index in [0.717, 1.165) is 18.5 Å². The highest BCUT2D eigenvalue weighted by Crippen LogP contribution is 2.23. The zero-order valence-corrected chi connectivity index (χ0v) is 9.99. The van der Waals surface area contributed by atoms with Gasteiger partial charge in [0.2, 0.25) is 0 Å². The Morgan fingerprint density at radius 2 is 2.20 bits per heavy atom. The fraction of sp³-hybridized carbons (Fsp3) is 0.846. The molecule has 2 aliphatic heterocycles. The van der Waals surface area contributed by atoms with Crippen LogP contribution in [0.5, 0.6) is 0 Å². The van der Waals surface area contributed by atoms with Gasteiger partial charge in [0.05, 0.1) is 0 Å². The van der Waals surface area contributed by atoms with Crippen LogP contribution < -0.4 is 0 Å². The molecular weight excluding hydrogens is 184 g/mol. The molecule has 2 aliphatic rings. The molecule has 0 spiro atoms. The minimum Gasteiger partial charge on any atom is -0.298 e. The van der Waals surface area contributed by atoms with Gasteiger partial charge in [-0.15, -0.1) is 6.58 Å². The Bertz CT molecular complexity index is 215. The van der Waals surface area contributed by atoms with E-state index in [1.807, 2.05) is 6.08 Å². The summed E-state index contributed by atoms with van der Waals surface area (Å²) in [6.45, 7) is 11.3. The average Bonchev–Trinajstić information content (AvgIpc) is 2.26.